The highest BCUT2D eigenvalue weighted by molar-refractivity contribution is 6.31. The van der Waals surface area contributed by atoms with Gasteiger partial charge in [-0.15, -0.1) is 0 Å². The number of benzene rings is 1. The number of hydrogen-bond donors (Lipinski definition) is 2. The molecule has 0 atom stereocenters. The molecule has 3 amide bonds. The van der Waals surface area contributed by atoms with E-state index >= 15 is 0 Å². The van der Waals surface area contributed by atoms with Gasteiger partial charge in [0.2, 0.25) is 0 Å². The average Bonchev–Trinajstić information content (AvgIpc) is 2.98. The summed E-state index contributed by atoms with van der Waals surface area (Å²) in [7, 11) is 1.55. The van der Waals surface area contributed by atoms with Gasteiger partial charge in [-0.1, -0.05) is 11.6 Å². The number of nitrogens with zero attached hydrogens (tertiary/aromatic N) is 3. The van der Waals surface area contributed by atoms with Gasteiger partial charge in [0.1, 0.15) is 11.4 Å². The second kappa shape index (κ2) is 7.35. The van der Waals surface area contributed by atoms with Crippen molar-refractivity contribution >= 4 is 23.5 Å². The topological polar surface area (TPSA) is 102 Å². The molecule has 0 fully saturated rings. The second-order valence-electron chi connectivity index (χ2n) is 7.74. The van der Waals surface area contributed by atoms with Gasteiger partial charge in [0.15, 0.2) is 0 Å². The van der Waals surface area contributed by atoms with Gasteiger partial charge in [-0.2, -0.15) is 5.10 Å². The molecule has 9 heteroatoms. The number of rotatable bonds is 3. The largest absolute Gasteiger partial charge is 0.497 e. The molecular formula is C19H24ClN5O3. The van der Waals surface area contributed by atoms with Gasteiger partial charge < -0.3 is 20.7 Å². The van der Waals surface area contributed by atoms with Crippen molar-refractivity contribution in [2.45, 2.75) is 39.4 Å². The summed E-state index contributed by atoms with van der Waals surface area (Å²) in [6, 6.07) is 4.67. The number of amides is 3. The van der Waals surface area contributed by atoms with Gasteiger partial charge in [-0.3, -0.25) is 9.48 Å². The molecule has 1 aliphatic heterocycles. The molecule has 0 aliphatic carbocycles. The first-order chi connectivity index (χ1) is 13.1. The minimum Gasteiger partial charge on any atom is -0.497 e. The molecule has 0 unspecified atom stereocenters. The third-order valence-corrected chi connectivity index (χ3v) is 4.61. The molecule has 8 nitrogen and oxygen atoms in total. The number of ether oxygens (including phenoxy) is 1. The van der Waals surface area contributed by atoms with Crippen molar-refractivity contribution in [3.05, 3.63) is 34.5 Å². The fraction of sp³-hybridized carbons (Fsp3) is 0.421. The lowest BCUT2D eigenvalue weighted by molar-refractivity contribution is 0.0916. The third-order valence-electron chi connectivity index (χ3n) is 4.39. The van der Waals surface area contributed by atoms with Crippen molar-refractivity contribution in [1.82, 2.24) is 20.0 Å². The lowest BCUT2D eigenvalue weighted by Gasteiger charge is -2.27. The van der Waals surface area contributed by atoms with Crippen LogP contribution in [0.25, 0.3) is 11.3 Å². The number of carbonyl (C=O) groups is 2. The van der Waals surface area contributed by atoms with Crippen LogP contribution in [0.4, 0.5) is 4.79 Å². The Balaban J connectivity index is 2.16. The first kappa shape index (κ1) is 20.0. The molecule has 0 radical (unpaired) electrons. The Bertz CT molecular complexity index is 932. The molecule has 0 saturated heterocycles. The van der Waals surface area contributed by atoms with Crippen LogP contribution in [0.5, 0.6) is 5.75 Å². The van der Waals surface area contributed by atoms with Crippen LogP contribution in [0.2, 0.25) is 5.02 Å². The van der Waals surface area contributed by atoms with Crippen LogP contribution >= 0.6 is 11.6 Å². The van der Waals surface area contributed by atoms with Crippen molar-refractivity contribution in [3.8, 4) is 17.0 Å². The van der Waals surface area contributed by atoms with Crippen LogP contribution in [0.1, 0.15) is 36.8 Å². The highest BCUT2D eigenvalue weighted by Crippen LogP contribution is 2.33. The number of urea groups is 1. The SMILES string of the molecule is COc1cc(Cl)cc(-c2nn3c(c2C(=O)NC(C)(C)C)CN(C(N)=O)CC3)c1. The van der Waals surface area contributed by atoms with Crippen molar-refractivity contribution in [2.24, 2.45) is 5.73 Å². The first-order valence-corrected chi connectivity index (χ1v) is 9.28. The Labute approximate surface area is 168 Å². The van der Waals surface area contributed by atoms with Crippen LogP contribution in [0, 0.1) is 0 Å². The van der Waals surface area contributed by atoms with Crippen LogP contribution in [0.3, 0.4) is 0 Å². The molecule has 28 heavy (non-hydrogen) atoms. The van der Waals surface area contributed by atoms with Crippen LogP contribution < -0.4 is 15.8 Å². The predicted molar refractivity (Wildman–Crippen MR) is 106 cm³/mol. The Morgan fingerprint density at radius 3 is 2.57 bits per heavy atom. The first-order valence-electron chi connectivity index (χ1n) is 8.90. The Morgan fingerprint density at radius 2 is 1.96 bits per heavy atom. The minimum atomic E-state index is -0.527. The van der Waals surface area contributed by atoms with Crippen molar-refractivity contribution < 1.29 is 14.3 Å². The smallest absolute Gasteiger partial charge is 0.315 e. The zero-order valence-electron chi connectivity index (χ0n) is 16.4. The van der Waals surface area contributed by atoms with Gasteiger partial charge >= 0.3 is 6.03 Å². The number of nitrogens with one attached hydrogen (secondary N) is 1. The summed E-state index contributed by atoms with van der Waals surface area (Å²) in [5, 5.41) is 8.10. The lowest BCUT2D eigenvalue weighted by Crippen LogP contribution is -2.44. The number of methoxy groups -OCH3 is 1. The molecule has 0 bridgehead atoms. The molecule has 0 saturated carbocycles. The normalized spacial score (nSPS) is 13.8. The van der Waals surface area contributed by atoms with E-state index in [1.807, 2.05) is 20.8 Å². The van der Waals surface area contributed by atoms with E-state index in [1.54, 1.807) is 30.0 Å². The Morgan fingerprint density at radius 1 is 1.25 bits per heavy atom. The Kier molecular flexibility index (Phi) is 5.25. The molecule has 0 spiro atoms. The number of hydrogen-bond acceptors (Lipinski definition) is 4. The molecule has 150 valence electrons. The molecule has 3 rings (SSSR count). The van der Waals surface area contributed by atoms with Crippen molar-refractivity contribution in [2.75, 3.05) is 13.7 Å². The van der Waals surface area contributed by atoms with Gasteiger partial charge in [0, 0.05) is 22.7 Å². The summed E-state index contributed by atoms with van der Waals surface area (Å²) >= 11 is 6.22. The number of primary amides is 1. The quantitative estimate of drug-likeness (QED) is 0.819. The van der Waals surface area contributed by atoms with Crippen LogP contribution in [-0.2, 0) is 13.1 Å². The van der Waals surface area contributed by atoms with Crippen molar-refractivity contribution in [1.29, 1.82) is 0 Å². The lowest BCUT2D eigenvalue weighted by atomic mass is 10.0. The maximum absolute atomic E-state index is 13.1. The highest BCUT2D eigenvalue weighted by Gasteiger charge is 2.31. The predicted octanol–water partition coefficient (Wildman–Crippen LogP) is 2.63. The summed E-state index contributed by atoms with van der Waals surface area (Å²) < 4.78 is 7.05. The summed E-state index contributed by atoms with van der Waals surface area (Å²) in [6.07, 6.45) is 0. The average molecular weight is 406 g/mol. The van der Waals surface area contributed by atoms with E-state index in [1.165, 1.54) is 4.90 Å². The summed E-state index contributed by atoms with van der Waals surface area (Å²) in [5.41, 5.74) is 7.21. The fourth-order valence-electron chi connectivity index (χ4n) is 3.17. The maximum Gasteiger partial charge on any atom is 0.315 e. The van der Waals surface area contributed by atoms with E-state index in [-0.39, 0.29) is 12.5 Å². The second-order valence-corrected chi connectivity index (χ2v) is 8.17. The number of carbonyl (C=O) groups excluding carboxylic acids is 2. The van der Waals surface area contributed by atoms with Crippen LogP contribution in [-0.4, -0.2) is 45.8 Å². The Hall–Kier alpha value is -2.74. The zero-order chi connectivity index (χ0) is 20.6. The summed E-state index contributed by atoms with van der Waals surface area (Å²) in [4.78, 5) is 26.3. The van der Waals surface area contributed by atoms with Gasteiger partial charge in [-0.05, 0) is 39.0 Å². The molecule has 2 aromatic rings. The molecular weight excluding hydrogens is 382 g/mol. The molecule has 1 aliphatic rings. The van der Waals surface area contributed by atoms with E-state index in [0.717, 1.165) is 0 Å². The number of aromatic nitrogens is 2. The van der Waals surface area contributed by atoms with E-state index in [4.69, 9.17) is 22.1 Å². The summed E-state index contributed by atoms with van der Waals surface area (Å²) in [5.74, 6) is 0.295. The van der Waals surface area contributed by atoms with E-state index in [0.29, 0.717) is 46.4 Å². The number of halogens is 1. The van der Waals surface area contributed by atoms with Gasteiger partial charge in [0.25, 0.3) is 5.91 Å². The van der Waals surface area contributed by atoms with E-state index in [2.05, 4.69) is 10.4 Å². The number of fused-ring (bicyclic) bond motifs is 1. The molecule has 2 heterocycles. The molecule has 3 N–H and O–H groups in total. The van der Waals surface area contributed by atoms with Crippen molar-refractivity contribution in [3.63, 3.8) is 0 Å². The molecule has 1 aromatic carbocycles. The minimum absolute atomic E-state index is 0.215. The summed E-state index contributed by atoms with van der Waals surface area (Å²) in [6.45, 7) is 6.80. The highest BCUT2D eigenvalue weighted by atomic mass is 35.5. The van der Waals surface area contributed by atoms with Crippen LogP contribution in [0.15, 0.2) is 18.2 Å². The maximum atomic E-state index is 13.1. The number of nitrogens with two attached hydrogens (primary N) is 1. The standard InChI is InChI=1S/C19H24ClN5O3/c1-19(2,3)22-17(26)15-14-10-24(18(21)27)5-6-25(14)23-16(15)11-7-12(20)9-13(8-11)28-4/h7-9H,5-6,10H2,1-4H3,(H2,21,27)(H,22,26). The zero-order valence-corrected chi connectivity index (χ0v) is 17.1. The molecule has 1 aromatic heterocycles. The van der Waals surface area contributed by atoms with Gasteiger partial charge in [0.05, 0.1) is 31.5 Å². The van der Waals surface area contributed by atoms with E-state index < -0.39 is 11.6 Å². The van der Waals surface area contributed by atoms with Gasteiger partial charge in [-0.25, -0.2) is 4.79 Å². The fourth-order valence-corrected chi connectivity index (χ4v) is 3.39. The van der Waals surface area contributed by atoms with E-state index in [9.17, 15) is 9.59 Å². The monoisotopic (exact) mass is 405 g/mol. The third kappa shape index (κ3) is 4.06.